The lowest BCUT2D eigenvalue weighted by Crippen LogP contribution is -2.30. The molecule has 0 bridgehead atoms. The molecule has 5 heteroatoms. The monoisotopic (exact) mass is 216 g/mol. The lowest BCUT2D eigenvalue weighted by atomic mass is 10.1. The molecule has 0 N–H and O–H groups in total. The van der Waals surface area contributed by atoms with Gasteiger partial charge in [-0.3, -0.25) is 0 Å². The molecule has 0 aromatic carbocycles. The molecule has 0 unspecified atom stereocenters. The highest BCUT2D eigenvalue weighted by atomic mass is 16.8. The van der Waals surface area contributed by atoms with Gasteiger partial charge in [0.25, 0.3) is 0 Å². The van der Waals surface area contributed by atoms with Gasteiger partial charge in [0.2, 0.25) is 0 Å². The summed E-state index contributed by atoms with van der Waals surface area (Å²) in [5.41, 5.74) is 0. The molecule has 0 radical (unpaired) electrons. The third-order valence-electron chi connectivity index (χ3n) is 2.67. The van der Waals surface area contributed by atoms with E-state index in [4.69, 9.17) is 18.9 Å². The van der Waals surface area contributed by atoms with E-state index in [0.717, 1.165) is 6.29 Å². The van der Waals surface area contributed by atoms with E-state index in [1.54, 1.807) is 7.11 Å². The summed E-state index contributed by atoms with van der Waals surface area (Å²) in [5, 5.41) is 0. The first-order chi connectivity index (χ1) is 7.07. The number of carbonyl (C=O) groups is 1. The Morgan fingerprint density at radius 2 is 2.00 bits per heavy atom. The van der Waals surface area contributed by atoms with Crippen molar-refractivity contribution >= 4 is 6.29 Å². The van der Waals surface area contributed by atoms with Crippen LogP contribution in [0.15, 0.2) is 0 Å². The van der Waals surface area contributed by atoms with E-state index in [2.05, 4.69) is 0 Å². The Hall–Kier alpha value is -0.490. The van der Waals surface area contributed by atoms with Crippen molar-refractivity contribution in [1.82, 2.24) is 0 Å². The molecule has 0 amide bonds. The van der Waals surface area contributed by atoms with Crippen molar-refractivity contribution in [3.63, 3.8) is 0 Å². The molecule has 86 valence electrons. The molecule has 4 atom stereocenters. The molecule has 5 nitrogen and oxygen atoms in total. The van der Waals surface area contributed by atoms with Crippen LogP contribution in [0.3, 0.4) is 0 Å². The number of aldehydes is 1. The average Bonchev–Trinajstić information content (AvgIpc) is 2.61. The Morgan fingerprint density at radius 1 is 1.33 bits per heavy atom. The van der Waals surface area contributed by atoms with Gasteiger partial charge in [-0.25, -0.2) is 0 Å². The van der Waals surface area contributed by atoms with E-state index in [1.165, 1.54) is 0 Å². The molecular weight excluding hydrogens is 200 g/mol. The van der Waals surface area contributed by atoms with Crippen LogP contribution in [-0.2, 0) is 23.7 Å². The van der Waals surface area contributed by atoms with Crippen molar-refractivity contribution in [3.05, 3.63) is 0 Å². The first-order valence-corrected chi connectivity index (χ1v) is 5.05. The Kier molecular flexibility index (Phi) is 2.81. The highest BCUT2D eigenvalue weighted by Gasteiger charge is 2.55. The predicted octanol–water partition coefficient (Wildman–Crippen LogP) is 0.467. The zero-order chi connectivity index (χ0) is 11.1. The van der Waals surface area contributed by atoms with Crippen LogP contribution in [0.5, 0.6) is 0 Å². The normalized spacial score (nSPS) is 42.9. The van der Waals surface area contributed by atoms with Crippen LogP contribution in [0.25, 0.3) is 0 Å². The molecule has 0 saturated carbocycles. The minimum absolute atomic E-state index is 0.213. The van der Waals surface area contributed by atoms with Gasteiger partial charge in [0.15, 0.2) is 12.1 Å². The zero-order valence-electron chi connectivity index (χ0n) is 9.14. The Bertz CT molecular complexity index is 252. The largest absolute Gasteiger partial charge is 0.353 e. The molecule has 2 saturated heterocycles. The van der Waals surface area contributed by atoms with Crippen molar-refractivity contribution in [2.45, 2.75) is 50.7 Å². The fraction of sp³-hybridized carbons (Fsp3) is 0.900. The predicted molar refractivity (Wildman–Crippen MR) is 50.2 cm³/mol. The second kappa shape index (κ2) is 3.83. The number of carbonyl (C=O) groups excluding carboxylic acids is 1. The fourth-order valence-corrected chi connectivity index (χ4v) is 2.12. The zero-order valence-corrected chi connectivity index (χ0v) is 9.14. The highest BCUT2D eigenvalue weighted by molar-refractivity contribution is 5.50. The number of methoxy groups -OCH3 is 1. The number of ether oxygens (including phenoxy) is 4. The van der Waals surface area contributed by atoms with Gasteiger partial charge in [0.05, 0.1) is 6.10 Å². The molecule has 15 heavy (non-hydrogen) atoms. The maximum Gasteiger partial charge on any atom is 0.186 e. The smallest absolute Gasteiger partial charge is 0.186 e. The molecular formula is C10H16O5. The minimum atomic E-state index is -0.628. The summed E-state index contributed by atoms with van der Waals surface area (Å²) in [7, 11) is 1.56. The highest BCUT2D eigenvalue weighted by Crippen LogP contribution is 2.39. The van der Waals surface area contributed by atoms with Crippen LogP contribution in [0, 0.1) is 0 Å². The molecule has 2 aliphatic rings. The Morgan fingerprint density at radius 3 is 2.60 bits per heavy atom. The molecule has 0 aliphatic carbocycles. The van der Waals surface area contributed by atoms with E-state index in [9.17, 15) is 4.79 Å². The lowest BCUT2D eigenvalue weighted by molar-refractivity contribution is -0.226. The van der Waals surface area contributed by atoms with Gasteiger partial charge in [-0.15, -0.1) is 0 Å². The first kappa shape index (κ1) is 11.0. The van der Waals surface area contributed by atoms with Gasteiger partial charge in [-0.1, -0.05) is 0 Å². The van der Waals surface area contributed by atoms with Crippen molar-refractivity contribution in [1.29, 1.82) is 0 Å². The van der Waals surface area contributed by atoms with Gasteiger partial charge < -0.3 is 23.7 Å². The number of fused-ring (bicyclic) bond motifs is 1. The quantitative estimate of drug-likeness (QED) is 0.642. The summed E-state index contributed by atoms with van der Waals surface area (Å²) < 4.78 is 22.0. The maximum atomic E-state index is 10.5. The minimum Gasteiger partial charge on any atom is -0.353 e. The van der Waals surface area contributed by atoms with Crippen LogP contribution >= 0.6 is 0 Å². The standard InChI is InChI=1S/C10H16O5/c1-10(2)14-7-6(4-5-11)13-9(12-3)8(7)15-10/h5-9H,4H2,1-3H3/t6-,7-,8-,9-/m1/s1. The van der Waals surface area contributed by atoms with E-state index < -0.39 is 12.1 Å². The van der Waals surface area contributed by atoms with Gasteiger partial charge in [0, 0.05) is 13.5 Å². The van der Waals surface area contributed by atoms with Crippen LogP contribution in [0.4, 0.5) is 0 Å². The molecule has 2 fully saturated rings. The van der Waals surface area contributed by atoms with Crippen LogP contribution in [0.1, 0.15) is 20.3 Å². The second-order valence-electron chi connectivity index (χ2n) is 4.25. The van der Waals surface area contributed by atoms with Crippen molar-refractivity contribution in [2.75, 3.05) is 7.11 Å². The summed E-state index contributed by atoms with van der Waals surface area (Å²) in [6.07, 6.45) is -0.0272. The van der Waals surface area contributed by atoms with Gasteiger partial charge in [-0.2, -0.15) is 0 Å². The average molecular weight is 216 g/mol. The van der Waals surface area contributed by atoms with E-state index in [-0.39, 0.29) is 18.3 Å². The molecule has 0 aromatic heterocycles. The van der Waals surface area contributed by atoms with Gasteiger partial charge in [0.1, 0.15) is 18.5 Å². The summed E-state index contributed by atoms with van der Waals surface area (Å²) in [6.45, 7) is 3.69. The number of rotatable bonds is 3. The third kappa shape index (κ3) is 1.92. The summed E-state index contributed by atoms with van der Waals surface area (Å²) in [5.74, 6) is -0.628. The Balaban J connectivity index is 2.11. The molecule has 2 aliphatic heterocycles. The summed E-state index contributed by atoms with van der Waals surface area (Å²) >= 11 is 0. The first-order valence-electron chi connectivity index (χ1n) is 5.05. The number of hydrogen-bond acceptors (Lipinski definition) is 5. The topological polar surface area (TPSA) is 54.0 Å². The molecule has 2 heterocycles. The van der Waals surface area contributed by atoms with E-state index in [0.29, 0.717) is 6.42 Å². The van der Waals surface area contributed by atoms with E-state index >= 15 is 0 Å². The number of hydrogen-bond donors (Lipinski definition) is 0. The molecule has 2 rings (SSSR count). The van der Waals surface area contributed by atoms with Crippen LogP contribution < -0.4 is 0 Å². The van der Waals surface area contributed by atoms with Crippen LogP contribution in [0.2, 0.25) is 0 Å². The van der Waals surface area contributed by atoms with Crippen molar-refractivity contribution < 1.29 is 23.7 Å². The van der Waals surface area contributed by atoms with Gasteiger partial charge in [-0.05, 0) is 13.8 Å². The SMILES string of the molecule is CO[C@@H]1O[C@H](CC=O)[C@H]2OC(C)(C)O[C@@H]12. The summed E-state index contributed by atoms with van der Waals surface area (Å²) in [4.78, 5) is 10.5. The van der Waals surface area contributed by atoms with Crippen molar-refractivity contribution in [2.24, 2.45) is 0 Å². The summed E-state index contributed by atoms with van der Waals surface area (Å²) in [6, 6.07) is 0. The van der Waals surface area contributed by atoms with E-state index in [1.807, 2.05) is 13.8 Å². The molecule has 0 spiro atoms. The fourth-order valence-electron chi connectivity index (χ4n) is 2.12. The van der Waals surface area contributed by atoms with Crippen molar-refractivity contribution in [3.8, 4) is 0 Å². The Labute approximate surface area is 88.6 Å². The maximum absolute atomic E-state index is 10.5. The van der Waals surface area contributed by atoms with Crippen LogP contribution in [-0.4, -0.2) is 43.8 Å². The molecule has 0 aromatic rings. The third-order valence-corrected chi connectivity index (χ3v) is 2.67. The lowest BCUT2D eigenvalue weighted by Gasteiger charge is -2.22. The second-order valence-corrected chi connectivity index (χ2v) is 4.25. The van der Waals surface area contributed by atoms with Gasteiger partial charge >= 0.3 is 0 Å².